The van der Waals surface area contributed by atoms with E-state index < -0.39 is 17.9 Å². The van der Waals surface area contributed by atoms with Crippen LogP contribution in [0.5, 0.6) is 0 Å². The van der Waals surface area contributed by atoms with E-state index in [1.54, 1.807) is 0 Å². The van der Waals surface area contributed by atoms with Gasteiger partial charge in [0.05, 0.1) is 12.7 Å². The maximum atomic E-state index is 11.5. The molecule has 0 bridgehead atoms. The predicted molar refractivity (Wildman–Crippen MR) is 77.4 cm³/mol. The minimum absolute atomic E-state index is 0. The minimum Gasteiger partial charge on any atom is -0.481 e. The maximum absolute atomic E-state index is 11.5. The third-order valence-electron chi connectivity index (χ3n) is 1.85. The van der Waals surface area contributed by atoms with Crippen molar-refractivity contribution in [1.82, 2.24) is 0 Å². The van der Waals surface area contributed by atoms with E-state index in [0.29, 0.717) is 13.2 Å². The first kappa shape index (κ1) is 30.5. The Balaban J connectivity index is -0.000000137. The first-order chi connectivity index (χ1) is 10.2. The van der Waals surface area contributed by atoms with Crippen molar-refractivity contribution in [3.63, 3.8) is 0 Å². The summed E-state index contributed by atoms with van der Waals surface area (Å²) < 4.78 is 38.7. The second kappa shape index (κ2) is 21.6. The number of allylic oxidation sites excluding steroid dienone is 1. The molecule has 3 N–H and O–H groups in total. The van der Waals surface area contributed by atoms with Crippen molar-refractivity contribution in [3.05, 3.63) is 12.0 Å². The Bertz CT molecular complexity index is 274. The molecule has 0 aromatic carbocycles. The molecule has 0 saturated carbocycles. The molecular formula is C14H27F3O5Zr. The number of halogens is 3. The van der Waals surface area contributed by atoms with Crippen molar-refractivity contribution in [2.45, 2.75) is 52.6 Å². The van der Waals surface area contributed by atoms with Crippen LogP contribution in [0.1, 0.15) is 46.5 Å². The minimum atomic E-state index is -4.97. The number of rotatable bonds is 7. The largest absolute Gasteiger partial charge is 0.481 e. The molecule has 0 aliphatic carbocycles. The average Bonchev–Trinajstić information content (AvgIpc) is 2.41. The van der Waals surface area contributed by atoms with Crippen molar-refractivity contribution in [3.8, 4) is 0 Å². The summed E-state index contributed by atoms with van der Waals surface area (Å²) in [6, 6.07) is 0. The van der Waals surface area contributed by atoms with Gasteiger partial charge in [0.15, 0.2) is 0 Å². The zero-order chi connectivity index (χ0) is 18.0. The van der Waals surface area contributed by atoms with Gasteiger partial charge in [-0.1, -0.05) is 26.7 Å². The van der Waals surface area contributed by atoms with Gasteiger partial charge in [-0.2, -0.15) is 13.2 Å². The average molecular weight is 424 g/mol. The summed E-state index contributed by atoms with van der Waals surface area (Å²) in [4.78, 5) is 10.1. The van der Waals surface area contributed by atoms with Gasteiger partial charge in [0.1, 0.15) is 0 Å². The Morgan fingerprint density at radius 1 is 1.04 bits per heavy atom. The number of hydrogen-bond donors (Lipinski definition) is 3. The van der Waals surface area contributed by atoms with Gasteiger partial charge < -0.3 is 20.1 Å². The van der Waals surface area contributed by atoms with Crippen molar-refractivity contribution >= 4 is 5.78 Å². The zero-order valence-corrected chi connectivity index (χ0v) is 16.3. The number of alkyl halides is 3. The number of carbonyl (C=O) groups is 1. The van der Waals surface area contributed by atoms with Crippen LogP contribution in [-0.2, 0) is 35.7 Å². The molecule has 138 valence electrons. The van der Waals surface area contributed by atoms with Crippen LogP contribution in [0.2, 0.25) is 0 Å². The monoisotopic (exact) mass is 422 g/mol. The van der Waals surface area contributed by atoms with Crippen molar-refractivity contribution < 1.29 is 64.2 Å². The fourth-order valence-electron chi connectivity index (χ4n) is 0.700. The van der Waals surface area contributed by atoms with Crippen LogP contribution in [0.15, 0.2) is 12.0 Å². The van der Waals surface area contributed by atoms with Gasteiger partial charge >= 0.3 is 6.18 Å². The first-order valence-electron chi connectivity index (χ1n) is 7.07. The molecule has 0 aliphatic heterocycles. The van der Waals surface area contributed by atoms with Gasteiger partial charge in [0, 0.05) is 39.4 Å². The standard InChI is InChI=1S/C6H7F3O3.2C4H10O.Zr/c1-2-12-5(11)3-4(10)6(7,8)9;2*1-2-3-4-5;/h3,11H,2H2,1H3;2*5H,2-4H2,1H3;/b5-3+;;;. The van der Waals surface area contributed by atoms with E-state index in [1.165, 1.54) is 6.92 Å². The molecular weight excluding hydrogens is 396 g/mol. The van der Waals surface area contributed by atoms with E-state index in [1.807, 2.05) is 0 Å². The number of hydrogen-bond acceptors (Lipinski definition) is 5. The molecule has 23 heavy (non-hydrogen) atoms. The van der Waals surface area contributed by atoms with Gasteiger partial charge in [-0.3, -0.25) is 4.79 Å². The molecule has 0 aromatic rings. The van der Waals surface area contributed by atoms with Crippen LogP contribution < -0.4 is 0 Å². The number of aliphatic hydroxyl groups excluding tert-OH is 3. The Kier molecular flexibility index (Phi) is 28.6. The molecule has 0 aromatic heterocycles. The van der Waals surface area contributed by atoms with Gasteiger partial charge in [0.25, 0.3) is 11.7 Å². The quantitative estimate of drug-likeness (QED) is 0.433. The van der Waals surface area contributed by atoms with Crippen LogP contribution in [0, 0.1) is 0 Å². The predicted octanol–water partition coefficient (Wildman–Crippen LogP) is 3.11. The fourth-order valence-corrected chi connectivity index (χ4v) is 0.700. The van der Waals surface area contributed by atoms with E-state index in [4.69, 9.17) is 15.3 Å². The van der Waals surface area contributed by atoms with Gasteiger partial charge in [-0.15, -0.1) is 0 Å². The fraction of sp³-hybridized carbons (Fsp3) is 0.786. The normalized spacial score (nSPS) is 10.3. The molecule has 0 amide bonds. The summed E-state index contributed by atoms with van der Waals surface area (Å²) >= 11 is 0. The first-order valence-corrected chi connectivity index (χ1v) is 7.07. The van der Waals surface area contributed by atoms with Crippen LogP contribution in [0.3, 0.4) is 0 Å². The Hall–Kier alpha value is -0.397. The molecule has 0 spiro atoms. The second-order valence-electron chi connectivity index (χ2n) is 3.93. The molecule has 0 unspecified atom stereocenters. The summed E-state index contributed by atoms with van der Waals surface area (Å²) in [5.41, 5.74) is 0. The van der Waals surface area contributed by atoms with Crippen LogP contribution >= 0.6 is 0 Å². The van der Waals surface area contributed by atoms with Crippen LogP contribution in [-0.4, -0.2) is 47.1 Å². The number of ether oxygens (including phenoxy) is 1. The Labute approximate surface area is 154 Å². The number of unbranched alkanes of at least 4 members (excludes halogenated alkanes) is 2. The summed E-state index contributed by atoms with van der Waals surface area (Å²) in [7, 11) is 0. The van der Waals surface area contributed by atoms with Crippen LogP contribution in [0.25, 0.3) is 0 Å². The maximum Gasteiger partial charge on any atom is 0.454 e. The van der Waals surface area contributed by atoms with Gasteiger partial charge in [-0.25, -0.2) is 0 Å². The summed E-state index contributed by atoms with van der Waals surface area (Å²) in [6.07, 6.45) is -0.901. The molecule has 0 rings (SSSR count). The van der Waals surface area contributed by atoms with Crippen molar-refractivity contribution in [2.75, 3.05) is 19.8 Å². The molecule has 0 heterocycles. The summed E-state index contributed by atoms with van der Waals surface area (Å²) in [5.74, 6) is -3.17. The van der Waals surface area contributed by atoms with Crippen molar-refractivity contribution in [1.29, 1.82) is 0 Å². The SMILES string of the molecule is CCCCO.CCCCO.CCO/C(O)=C/C(=O)C(F)(F)F.[Zr]. The van der Waals surface area contributed by atoms with E-state index in [9.17, 15) is 18.0 Å². The van der Waals surface area contributed by atoms with Gasteiger partial charge in [-0.05, 0) is 19.8 Å². The number of aliphatic hydroxyl groups is 3. The molecule has 0 atom stereocenters. The molecule has 0 fully saturated rings. The third kappa shape index (κ3) is 30.1. The van der Waals surface area contributed by atoms with Gasteiger partial charge in [0.2, 0.25) is 0 Å². The molecule has 0 aliphatic rings. The molecule has 0 saturated heterocycles. The second-order valence-corrected chi connectivity index (χ2v) is 3.93. The molecule has 9 heteroatoms. The Morgan fingerprint density at radius 3 is 1.61 bits per heavy atom. The summed E-state index contributed by atoms with van der Waals surface area (Å²) in [5, 5.41) is 24.6. The van der Waals surface area contributed by atoms with Crippen molar-refractivity contribution in [2.24, 2.45) is 0 Å². The topological polar surface area (TPSA) is 87.0 Å². The third-order valence-corrected chi connectivity index (χ3v) is 1.85. The van der Waals surface area contributed by atoms with Crippen LogP contribution in [0.4, 0.5) is 13.2 Å². The van der Waals surface area contributed by atoms with E-state index in [-0.39, 0.29) is 38.9 Å². The van der Waals surface area contributed by atoms with E-state index >= 15 is 0 Å². The molecule has 0 radical (unpaired) electrons. The summed E-state index contributed by atoms with van der Waals surface area (Å²) in [6.45, 7) is 6.25. The number of carbonyl (C=O) groups excluding carboxylic acids is 1. The van der Waals surface area contributed by atoms with E-state index in [2.05, 4.69) is 18.6 Å². The molecule has 5 nitrogen and oxygen atoms in total. The Morgan fingerprint density at radius 2 is 1.43 bits per heavy atom. The smallest absolute Gasteiger partial charge is 0.454 e. The number of ketones is 1. The zero-order valence-electron chi connectivity index (χ0n) is 13.8. The van der Waals surface area contributed by atoms with E-state index in [0.717, 1.165) is 25.7 Å².